The van der Waals surface area contributed by atoms with Crippen LogP contribution in [0.1, 0.15) is 15.9 Å². The predicted molar refractivity (Wildman–Crippen MR) is 87.0 cm³/mol. The van der Waals surface area contributed by atoms with Crippen LogP contribution in [0.5, 0.6) is 0 Å². The van der Waals surface area contributed by atoms with E-state index in [1.165, 1.54) is 0 Å². The van der Waals surface area contributed by atoms with Gasteiger partial charge in [0.2, 0.25) is 0 Å². The molecule has 0 saturated heterocycles. The average Bonchev–Trinajstić information content (AvgIpc) is 2.47. The Morgan fingerprint density at radius 2 is 1.81 bits per heavy atom. The maximum atomic E-state index is 12.8. The summed E-state index contributed by atoms with van der Waals surface area (Å²) in [5.74, 6) is -0.0342. The number of carbonyl (C=O) groups excluding carboxylic acids is 1. The Bertz CT molecular complexity index is 696. The number of anilines is 3. The minimum absolute atomic E-state index is 0.0342. The van der Waals surface area contributed by atoms with Crippen LogP contribution in [0.4, 0.5) is 17.1 Å². The van der Waals surface area contributed by atoms with E-state index in [2.05, 4.69) is 4.90 Å². The van der Waals surface area contributed by atoms with Crippen LogP contribution in [0.15, 0.2) is 42.5 Å². The van der Waals surface area contributed by atoms with Crippen LogP contribution in [0, 0.1) is 6.92 Å². The quantitative estimate of drug-likeness (QED) is 0.818. The van der Waals surface area contributed by atoms with E-state index < -0.39 is 0 Å². The average molecular weight is 281 g/mol. The van der Waals surface area contributed by atoms with Crippen molar-refractivity contribution in [2.24, 2.45) is 0 Å². The molecule has 1 aliphatic heterocycles. The number of fused-ring (bicyclic) bond motifs is 1. The van der Waals surface area contributed by atoms with Gasteiger partial charge in [-0.25, -0.2) is 0 Å². The van der Waals surface area contributed by atoms with Gasteiger partial charge in [0.15, 0.2) is 0 Å². The van der Waals surface area contributed by atoms with E-state index in [4.69, 9.17) is 5.73 Å². The van der Waals surface area contributed by atoms with Gasteiger partial charge in [0.1, 0.15) is 0 Å². The second-order valence-electron chi connectivity index (χ2n) is 5.46. The van der Waals surface area contributed by atoms with Gasteiger partial charge < -0.3 is 15.5 Å². The number of hydrogen-bond acceptors (Lipinski definition) is 3. The summed E-state index contributed by atoms with van der Waals surface area (Å²) in [6.07, 6.45) is 0. The molecule has 2 aromatic carbocycles. The van der Waals surface area contributed by atoms with Crippen LogP contribution >= 0.6 is 0 Å². The van der Waals surface area contributed by atoms with Gasteiger partial charge in [-0.1, -0.05) is 18.2 Å². The zero-order valence-electron chi connectivity index (χ0n) is 12.3. The SMILES string of the molecule is Cc1ccc(C(=O)N2CCN(C)c3ccccc32)c(N)c1. The summed E-state index contributed by atoms with van der Waals surface area (Å²) in [6, 6.07) is 13.5. The van der Waals surface area contributed by atoms with Gasteiger partial charge in [-0.05, 0) is 36.8 Å². The third-order valence-electron chi connectivity index (χ3n) is 3.93. The summed E-state index contributed by atoms with van der Waals surface area (Å²) in [7, 11) is 2.04. The molecule has 0 spiro atoms. The molecule has 0 saturated carbocycles. The Morgan fingerprint density at radius 1 is 1.10 bits per heavy atom. The van der Waals surface area contributed by atoms with Crippen LogP contribution in [-0.2, 0) is 0 Å². The van der Waals surface area contributed by atoms with Crippen molar-refractivity contribution in [3.05, 3.63) is 53.6 Å². The fourth-order valence-electron chi connectivity index (χ4n) is 2.74. The molecule has 4 heteroatoms. The third kappa shape index (κ3) is 2.33. The van der Waals surface area contributed by atoms with Crippen molar-refractivity contribution in [3.8, 4) is 0 Å². The number of rotatable bonds is 1. The van der Waals surface area contributed by atoms with Gasteiger partial charge in [-0.2, -0.15) is 0 Å². The third-order valence-corrected chi connectivity index (χ3v) is 3.93. The largest absolute Gasteiger partial charge is 0.398 e. The Hall–Kier alpha value is -2.49. The van der Waals surface area contributed by atoms with E-state index in [9.17, 15) is 4.79 Å². The second kappa shape index (κ2) is 5.13. The highest BCUT2D eigenvalue weighted by Crippen LogP contribution is 2.33. The number of aryl methyl sites for hydroxylation is 1. The molecule has 108 valence electrons. The fraction of sp³-hybridized carbons (Fsp3) is 0.235. The molecule has 1 aliphatic rings. The van der Waals surface area contributed by atoms with Gasteiger partial charge in [0.25, 0.3) is 5.91 Å². The molecule has 0 radical (unpaired) electrons. The first kappa shape index (κ1) is 13.5. The van der Waals surface area contributed by atoms with Crippen molar-refractivity contribution in [2.75, 3.05) is 35.7 Å². The molecule has 0 unspecified atom stereocenters. The van der Waals surface area contributed by atoms with E-state index in [1.807, 2.05) is 61.3 Å². The Morgan fingerprint density at radius 3 is 2.52 bits per heavy atom. The summed E-state index contributed by atoms with van der Waals surface area (Å²) in [5, 5.41) is 0. The van der Waals surface area contributed by atoms with Crippen LogP contribution in [0.25, 0.3) is 0 Å². The molecule has 4 nitrogen and oxygen atoms in total. The number of benzene rings is 2. The number of likely N-dealkylation sites (N-methyl/N-ethyl adjacent to an activating group) is 1. The summed E-state index contributed by atoms with van der Waals surface area (Å²) >= 11 is 0. The van der Waals surface area contributed by atoms with E-state index >= 15 is 0 Å². The van der Waals surface area contributed by atoms with Crippen molar-refractivity contribution in [3.63, 3.8) is 0 Å². The van der Waals surface area contributed by atoms with Crippen LogP contribution in [0.3, 0.4) is 0 Å². The lowest BCUT2D eigenvalue weighted by Crippen LogP contribution is -2.42. The van der Waals surface area contributed by atoms with Crippen LogP contribution in [-0.4, -0.2) is 26.0 Å². The zero-order chi connectivity index (χ0) is 15.0. The van der Waals surface area contributed by atoms with Gasteiger partial charge in [-0.3, -0.25) is 4.79 Å². The molecule has 1 heterocycles. The summed E-state index contributed by atoms with van der Waals surface area (Å²) < 4.78 is 0. The monoisotopic (exact) mass is 281 g/mol. The van der Waals surface area contributed by atoms with E-state index in [0.29, 0.717) is 17.8 Å². The highest BCUT2D eigenvalue weighted by molar-refractivity contribution is 6.11. The zero-order valence-corrected chi connectivity index (χ0v) is 12.3. The standard InChI is InChI=1S/C17H19N3O/c1-12-7-8-13(14(18)11-12)17(21)20-10-9-19(2)15-5-3-4-6-16(15)20/h3-8,11H,9-10,18H2,1-2H3. The molecule has 0 aromatic heterocycles. The van der Waals surface area contributed by atoms with Gasteiger partial charge in [0, 0.05) is 25.8 Å². The lowest BCUT2D eigenvalue weighted by molar-refractivity contribution is 0.0987. The molecular formula is C17H19N3O. The summed E-state index contributed by atoms with van der Waals surface area (Å²) in [6.45, 7) is 3.45. The first-order valence-corrected chi connectivity index (χ1v) is 7.06. The maximum Gasteiger partial charge on any atom is 0.260 e. The van der Waals surface area contributed by atoms with Crippen molar-refractivity contribution in [1.82, 2.24) is 0 Å². The minimum atomic E-state index is -0.0342. The lowest BCUT2D eigenvalue weighted by Gasteiger charge is -2.35. The Labute approximate surface area is 124 Å². The highest BCUT2D eigenvalue weighted by Gasteiger charge is 2.26. The van der Waals surface area contributed by atoms with Crippen LogP contribution in [0.2, 0.25) is 0 Å². The number of carbonyl (C=O) groups is 1. The van der Waals surface area contributed by atoms with E-state index in [1.54, 1.807) is 0 Å². The molecule has 0 fully saturated rings. The van der Waals surface area contributed by atoms with E-state index in [-0.39, 0.29) is 5.91 Å². The van der Waals surface area contributed by atoms with Crippen molar-refractivity contribution >= 4 is 23.0 Å². The molecule has 0 bridgehead atoms. The first-order valence-electron chi connectivity index (χ1n) is 7.06. The Balaban J connectivity index is 2.01. The fourth-order valence-corrected chi connectivity index (χ4v) is 2.74. The predicted octanol–water partition coefficient (Wildman–Crippen LogP) is 2.67. The maximum absolute atomic E-state index is 12.8. The minimum Gasteiger partial charge on any atom is -0.398 e. The topological polar surface area (TPSA) is 49.6 Å². The molecule has 0 atom stereocenters. The van der Waals surface area contributed by atoms with Gasteiger partial charge >= 0.3 is 0 Å². The highest BCUT2D eigenvalue weighted by atomic mass is 16.2. The number of nitrogens with zero attached hydrogens (tertiary/aromatic N) is 2. The molecule has 0 aliphatic carbocycles. The molecule has 2 N–H and O–H groups in total. The number of amides is 1. The number of para-hydroxylation sites is 2. The number of nitrogen functional groups attached to an aromatic ring is 1. The van der Waals surface area contributed by atoms with Gasteiger partial charge in [0.05, 0.1) is 16.9 Å². The normalized spacial score (nSPS) is 14.0. The number of hydrogen-bond donors (Lipinski definition) is 1. The number of nitrogens with two attached hydrogens (primary N) is 1. The van der Waals surface area contributed by atoms with E-state index in [0.717, 1.165) is 23.5 Å². The van der Waals surface area contributed by atoms with Crippen molar-refractivity contribution < 1.29 is 4.79 Å². The summed E-state index contributed by atoms with van der Waals surface area (Å²) in [4.78, 5) is 16.8. The second-order valence-corrected chi connectivity index (χ2v) is 5.46. The molecule has 21 heavy (non-hydrogen) atoms. The van der Waals surface area contributed by atoms with Crippen LogP contribution < -0.4 is 15.5 Å². The lowest BCUT2D eigenvalue weighted by atomic mass is 10.1. The molecule has 1 amide bonds. The van der Waals surface area contributed by atoms with Crippen molar-refractivity contribution in [2.45, 2.75) is 6.92 Å². The van der Waals surface area contributed by atoms with Gasteiger partial charge in [-0.15, -0.1) is 0 Å². The Kier molecular flexibility index (Phi) is 3.29. The molecule has 3 rings (SSSR count). The summed E-state index contributed by atoms with van der Waals surface area (Å²) in [5.41, 5.74) is 10.2. The smallest absolute Gasteiger partial charge is 0.260 e. The van der Waals surface area contributed by atoms with Crippen molar-refractivity contribution in [1.29, 1.82) is 0 Å². The molecule has 2 aromatic rings. The first-order chi connectivity index (χ1) is 10.1. The molecular weight excluding hydrogens is 262 g/mol.